The number of carbonyl (C=O) groups is 1. The van der Waals surface area contributed by atoms with Gasteiger partial charge in [0.25, 0.3) is 0 Å². The highest BCUT2D eigenvalue weighted by Gasteiger charge is 2.22. The molecule has 1 aromatic heterocycles. The van der Waals surface area contributed by atoms with Gasteiger partial charge in [-0.2, -0.15) is 0 Å². The molecule has 0 radical (unpaired) electrons. The van der Waals surface area contributed by atoms with Gasteiger partial charge in [-0.25, -0.2) is 0 Å². The molecule has 0 spiro atoms. The first-order valence-electron chi connectivity index (χ1n) is 9.99. The van der Waals surface area contributed by atoms with Gasteiger partial charge in [0.05, 0.1) is 19.7 Å². The van der Waals surface area contributed by atoms with E-state index in [1.54, 1.807) is 0 Å². The van der Waals surface area contributed by atoms with Crippen molar-refractivity contribution < 1.29 is 14.3 Å². The van der Waals surface area contributed by atoms with Crippen LogP contribution in [0.15, 0.2) is 48.8 Å². The Labute approximate surface area is 166 Å². The van der Waals surface area contributed by atoms with Crippen LogP contribution in [0, 0.1) is 0 Å². The Kier molecular flexibility index (Phi) is 7.67. The summed E-state index contributed by atoms with van der Waals surface area (Å²) in [6, 6.07) is 11.7. The fourth-order valence-corrected chi connectivity index (χ4v) is 3.52. The third-order valence-electron chi connectivity index (χ3n) is 4.88. The van der Waals surface area contributed by atoms with Gasteiger partial charge >= 0.3 is 0 Å². The number of amides is 1. The molecule has 1 aliphatic heterocycles. The molecule has 1 saturated heterocycles. The normalized spacial score (nSPS) is 17.1. The van der Waals surface area contributed by atoms with E-state index < -0.39 is 0 Å². The summed E-state index contributed by atoms with van der Waals surface area (Å²) in [6.45, 7) is 5.86. The summed E-state index contributed by atoms with van der Waals surface area (Å²) in [7, 11) is 0. The molecule has 6 nitrogen and oxygen atoms in total. The molecule has 1 fully saturated rings. The molecule has 28 heavy (non-hydrogen) atoms. The summed E-state index contributed by atoms with van der Waals surface area (Å²) in [6.07, 6.45) is 5.95. The second-order valence-corrected chi connectivity index (χ2v) is 6.96. The van der Waals surface area contributed by atoms with Gasteiger partial charge in [0.1, 0.15) is 18.1 Å². The average molecular weight is 383 g/mol. The molecule has 1 atom stereocenters. The van der Waals surface area contributed by atoms with Gasteiger partial charge in [0, 0.05) is 18.9 Å². The standard InChI is InChI=1S/C22H29N3O3/c1-2-27-20-5-7-21(8-6-20)28-15-13-24-22(26)17-25-14-3-4-19(16-25)18-9-11-23-12-10-18/h5-12,19H,2-4,13-17H2,1H3,(H,24,26). The Morgan fingerprint density at radius 2 is 1.86 bits per heavy atom. The van der Waals surface area contributed by atoms with Gasteiger partial charge < -0.3 is 14.8 Å². The zero-order valence-corrected chi connectivity index (χ0v) is 16.5. The van der Waals surface area contributed by atoms with E-state index in [1.165, 1.54) is 5.56 Å². The lowest BCUT2D eigenvalue weighted by Gasteiger charge is -2.32. The molecule has 1 aliphatic rings. The van der Waals surface area contributed by atoms with Crippen molar-refractivity contribution in [3.63, 3.8) is 0 Å². The number of nitrogens with zero attached hydrogens (tertiary/aromatic N) is 2. The van der Waals surface area contributed by atoms with Gasteiger partial charge in [-0.3, -0.25) is 14.7 Å². The van der Waals surface area contributed by atoms with Crippen molar-refractivity contribution in [1.29, 1.82) is 0 Å². The van der Waals surface area contributed by atoms with Crippen LogP contribution in [0.25, 0.3) is 0 Å². The number of hydrogen-bond donors (Lipinski definition) is 1. The van der Waals surface area contributed by atoms with Crippen LogP contribution >= 0.6 is 0 Å². The minimum atomic E-state index is 0.0469. The van der Waals surface area contributed by atoms with Crippen molar-refractivity contribution in [3.05, 3.63) is 54.4 Å². The number of carbonyl (C=O) groups excluding carboxylic acids is 1. The SMILES string of the molecule is CCOc1ccc(OCCNC(=O)CN2CCCC(c3ccncc3)C2)cc1. The number of likely N-dealkylation sites (tertiary alicyclic amines) is 1. The molecule has 1 unspecified atom stereocenters. The van der Waals surface area contributed by atoms with Crippen molar-refractivity contribution in [3.8, 4) is 11.5 Å². The number of benzene rings is 1. The Hall–Kier alpha value is -2.60. The molecular formula is C22H29N3O3. The summed E-state index contributed by atoms with van der Waals surface area (Å²) in [5.74, 6) is 2.13. The minimum absolute atomic E-state index is 0.0469. The van der Waals surface area contributed by atoms with Gasteiger partial charge in [0.15, 0.2) is 0 Å². The summed E-state index contributed by atoms with van der Waals surface area (Å²) in [5.41, 5.74) is 1.31. The number of aromatic nitrogens is 1. The highest BCUT2D eigenvalue weighted by Crippen LogP contribution is 2.26. The maximum absolute atomic E-state index is 12.2. The van der Waals surface area contributed by atoms with Crippen LogP contribution in [-0.2, 0) is 4.79 Å². The van der Waals surface area contributed by atoms with E-state index in [-0.39, 0.29) is 5.91 Å². The number of rotatable bonds is 9. The van der Waals surface area contributed by atoms with Crippen molar-refractivity contribution in [2.45, 2.75) is 25.7 Å². The number of ether oxygens (including phenoxy) is 2. The Morgan fingerprint density at radius 1 is 1.14 bits per heavy atom. The third-order valence-corrected chi connectivity index (χ3v) is 4.88. The summed E-state index contributed by atoms with van der Waals surface area (Å²) < 4.78 is 11.1. The number of piperidine rings is 1. The van der Waals surface area contributed by atoms with E-state index in [1.807, 2.05) is 43.6 Å². The van der Waals surface area contributed by atoms with Crippen molar-refractivity contribution in [1.82, 2.24) is 15.2 Å². The molecule has 2 aromatic rings. The maximum Gasteiger partial charge on any atom is 0.234 e. The van der Waals surface area contributed by atoms with Crippen LogP contribution in [0.5, 0.6) is 11.5 Å². The van der Waals surface area contributed by atoms with Crippen LogP contribution in [-0.4, -0.2) is 55.2 Å². The zero-order valence-electron chi connectivity index (χ0n) is 16.5. The van der Waals surface area contributed by atoms with E-state index in [4.69, 9.17) is 9.47 Å². The minimum Gasteiger partial charge on any atom is -0.494 e. The monoisotopic (exact) mass is 383 g/mol. The van der Waals surface area contributed by atoms with Crippen molar-refractivity contribution in [2.75, 3.05) is 39.4 Å². The zero-order chi connectivity index (χ0) is 19.6. The fraction of sp³-hybridized carbons (Fsp3) is 0.455. The van der Waals surface area contributed by atoms with Gasteiger partial charge in [-0.05, 0) is 74.2 Å². The average Bonchev–Trinajstić information content (AvgIpc) is 2.73. The molecule has 0 saturated carbocycles. The maximum atomic E-state index is 12.2. The molecule has 2 heterocycles. The first-order valence-corrected chi connectivity index (χ1v) is 9.99. The highest BCUT2D eigenvalue weighted by molar-refractivity contribution is 5.78. The van der Waals surface area contributed by atoms with Crippen molar-refractivity contribution in [2.24, 2.45) is 0 Å². The Balaban J connectivity index is 1.35. The van der Waals surface area contributed by atoms with Crippen LogP contribution in [0.4, 0.5) is 0 Å². The quantitative estimate of drug-likeness (QED) is 0.675. The predicted octanol–water partition coefficient (Wildman–Crippen LogP) is 2.85. The van der Waals surface area contributed by atoms with E-state index in [9.17, 15) is 4.79 Å². The van der Waals surface area contributed by atoms with E-state index >= 15 is 0 Å². The predicted molar refractivity (Wildman–Crippen MR) is 109 cm³/mol. The smallest absolute Gasteiger partial charge is 0.234 e. The second kappa shape index (κ2) is 10.7. The number of nitrogens with one attached hydrogen (secondary N) is 1. The van der Waals surface area contributed by atoms with E-state index in [0.717, 1.165) is 37.4 Å². The van der Waals surface area contributed by atoms with E-state index in [2.05, 4.69) is 27.3 Å². The van der Waals surface area contributed by atoms with Crippen LogP contribution in [0.1, 0.15) is 31.2 Å². The van der Waals surface area contributed by atoms with Crippen LogP contribution in [0.2, 0.25) is 0 Å². The molecule has 1 amide bonds. The van der Waals surface area contributed by atoms with Gasteiger partial charge in [0.2, 0.25) is 5.91 Å². The molecule has 0 aliphatic carbocycles. The Morgan fingerprint density at radius 3 is 2.57 bits per heavy atom. The van der Waals surface area contributed by atoms with Crippen LogP contribution < -0.4 is 14.8 Å². The molecule has 1 N–H and O–H groups in total. The summed E-state index contributed by atoms with van der Waals surface area (Å²) in [4.78, 5) is 18.6. The first kappa shape index (κ1) is 20.1. The molecule has 0 bridgehead atoms. The number of hydrogen-bond acceptors (Lipinski definition) is 5. The fourth-order valence-electron chi connectivity index (χ4n) is 3.52. The largest absolute Gasteiger partial charge is 0.494 e. The number of pyridine rings is 1. The van der Waals surface area contributed by atoms with Gasteiger partial charge in [-0.1, -0.05) is 0 Å². The van der Waals surface area contributed by atoms with Crippen molar-refractivity contribution >= 4 is 5.91 Å². The lowest BCUT2D eigenvalue weighted by molar-refractivity contribution is -0.122. The lowest BCUT2D eigenvalue weighted by Crippen LogP contribution is -2.42. The molecule has 150 valence electrons. The molecule has 6 heteroatoms. The summed E-state index contributed by atoms with van der Waals surface area (Å²) >= 11 is 0. The Bertz CT molecular complexity index is 722. The first-order chi connectivity index (χ1) is 13.7. The molecule has 3 rings (SSSR count). The third kappa shape index (κ3) is 6.23. The van der Waals surface area contributed by atoms with Crippen LogP contribution in [0.3, 0.4) is 0 Å². The molecular weight excluding hydrogens is 354 g/mol. The topological polar surface area (TPSA) is 63.7 Å². The second-order valence-electron chi connectivity index (χ2n) is 6.96. The van der Waals surface area contributed by atoms with E-state index in [0.29, 0.717) is 32.2 Å². The van der Waals surface area contributed by atoms with Gasteiger partial charge in [-0.15, -0.1) is 0 Å². The molecule has 1 aromatic carbocycles. The lowest BCUT2D eigenvalue weighted by atomic mass is 9.91. The highest BCUT2D eigenvalue weighted by atomic mass is 16.5. The summed E-state index contributed by atoms with van der Waals surface area (Å²) in [5, 5.41) is 2.95.